The van der Waals surface area contributed by atoms with E-state index in [4.69, 9.17) is 0 Å². The van der Waals surface area contributed by atoms with Gasteiger partial charge in [-0.15, -0.1) is 0 Å². The molecular formula is C19H18. The molecule has 0 bridgehead atoms. The van der Waals surface area contributed by atoms with Crippen molar-refractivity contribution < 1.29 is 0 Å². The van der Waals surface area contributed by atoms with Crippen LogP contribution in [0, 0.1) is 5.92 Å². The highest BCUT2D eigenvalue weighted by molar-refractivity contribution is 5.83. The molecule has 0 amide bonds. The smallest absolute Gasteiger partial charge is 0.00546 e. The second-order valence-corrected chi connectivity index (χ2v) is 5.76. The summed E-state index contributed by atoms with van der Waals surface area (Å²) < 4.78 is 0. The molecule has 4 rings (SSSR count). The Morgan fingerprint density at radius 3 is 2.74 bits per heavy atom. The van der Waals surface area contributed by atoms with Gasteiger partial charge in [-0.2, -0.15) is 0 Å². The van der Waals surface area contributed by atoms with Gasteiger partial charge in [-0.25, -0.2) is 0 Å². The molecule has 0 saturated heterocycles. The Labute approximate surface area is 114 Å². The van der Waals surface area contributed by atoms with E-state index in [0.717, 1.165) is 5.92 Å². The third-order valence-electron chi connectivity index (χ3n) is 4.70. The van der Waals surface area contributed by atoms with E-state index in [2.05, 4.69) is 60.7 Å². The molecule has 0 radical (unpaired) electrons. The second kappa shape index (κ2) is 4.38. The highest BCUT2D eigenvalue weighted by Gasteiger charge is 2.31. The van der Waals surface area contributed by atoms with Crippen molar-refractivity contribution >= 4 is 10.8 Å². The number of benzene rings is 2. The lowest BCUT2D eigenvalue weighted by molar-refractivity contribution is 0.632. The van der Waals surface area contributed by atoms with Crippen molar-refractivity contribution in [1.82, 2.24) is 0 Å². The van der Waals surface area contributed by atoms with Crippen molar-refractivity contribution in [3.8, 4) is 0 Å². The van der Waals surface area contributed by atoms with Crippen LogP contribution < -0.4 is 0 Å². The van der Waals surface area contributed by atoms with E-state index in [9.17, 15) is 0 Å². The average molecular weight is 246 g/mol. The maximum Gasteiger partial charge on any atom is 0.00546 e. The van der Waals surface area contributed by atoms with Gasteiger partial charge >= 0.3 is 0 Å². The maximum atomic E-state index is 2.39. The first-order valence-electron chi connectivity index (χ1n) is 7.27. The minimum absolute atomic E-state index is 0.652. The van der Waals surface area contributed by atoms with Gasteiger partial charge in [0.15, 0.2) is 0 Å². The Morgan fingerprint density at radius 2 is 1.79 bits per heavy atom. The fourth-order valence-corrected chi connectivity index (χ4v) is 3.70. The predicted octanol–water partition coefficient (Wildman–Crippen LogP) is 5.22. The molecule has 0 nitrogen and oxygen atoms in total. The van der Waals surface area contributed by atoms with Gasteiger partial charge in [-0.1, -0.05) is 66.3 Å². The van der Waals surface area contributed by atoms with Gasteiger partial charge in [0, 0.05) is 5.92 Å². The van der Waals surface area contributed by atoms with Crippen molar-refractivity contribution in [2.75, 3.05) is 0 Å². The van der Waals surface area contributed by atoms with E-state index < -0.39 is 0 Å². The van der Waals surface area contributed by atoms with Crippen LogP contribution in [0.1, 0.15) is 30.7 Å². The number of hydrogen-bond donors (Lipinski definition) is 0. The molecule has 19 heavy (non-hydrogen) atoms. The zero-order chi connectivity index (χ0) is 12.7. The summed E-state index contributed by atoms with van der Waals surface area (Å²) in [6, 6.07) is 15.7. The van der Waals surface area contributed by atoms with Crippen LogP contribution in [0.3, 0.4) is 0 Å². The van der Waals surface area contributed by atoms with Crippen LogP contribution in [0.15, 0.2) is 66.3 Å². The molecule has 0 spiro atoms. The summed E-state index contributed by atoms with van der Waals surface area (Å²) in [5, 5.41) is 2.72. The molecule has 1 fully saturated rings. The molecule has 2 atom stereocenters. The molecule has 0 N–H and O–H groups in total. The molecular weight excluding hydrogens is 228 g/mol. The molecule has 1 saturated carbocycles. The summed E-state index contributed by atoms with van der Waals surface area (Å²) in [6.45, 7) is 0. The molecule has 0 aliphatic heterocycles. The van der Waals surface area contributed by atoms with Crippen LogP contribution in [0.5, 0.6) is 0 Å². The summed E-state index contributed by atoms with van der Waals surface area (Å²) in [6.07, 6.45) is 10.8. The van der Waals surface area contributed by atoms with E-state index in [1.54, 1.807) is 5.57 Å². The monoisotopic (exact) mass is 246 g/mol. The normalized spacial score (nSPS) is 25.4. The third kappa shape index (κ3) is 1.83. The first-order chi connectivity index (χ1) is 9.42. The molecule has 0 aromatic heterocycles. The van der Waals surface area contributed by atoms with E-state index >= 15 is 0 Å². The summed E-state index contributed by atoms with van der Waals surface area (Å²) >= 11 is 0. The summed E-state index contributed by atoms with van der Waals surface area (Å²) in [4.78, 5) is 0. The third-order valence-corrected chi connectivity index (χ3v) is 4.70. The Bertz CT molecular complexity index is 675. The average Bonchev–Trinajstić information content (AvgIpc) is 2.91. The zero-order valence-corrected chi connectivity index (χ0v) is 11.0. The minimum atomic E-state index is 0.652. The van der Waals surface area contributed by atoms with Crippen molar-refractivity contribution in [3.05, 3.63) is 71.8 Å². The van der Waals surface area contributed by atoms with E-state index in [-0.39, 0.29) is 0 Å². The fraction of sp³-hybridized carbons (Fsp3) is 0.263. The summed E-state index contributed by atoms with van der Waals surface area (Å²) in [5.74, 6) is 1.46. The first kappa shape index (κ1) is 11.0. The van der Waals surface area contributed by atoms with Gasteiger partial charge in [-0.3, -0.25) is 0 Å². The lowest BCUT2D eigenvalue weighted by Gasteiger charge is -2.18. The van der Waals surface area contributed by atoms with Gasteiger partial charge in [-0.05, 0) is 41.5 Å². The molecule has 94 valence electrons. The number of fused-ring (bicyclic) bond motifs is 2. The number of hydrogen-bond acceptors (Lipinski definition) is 0. The highest BCUT2D eigenvalue weighted by Crippen LogP contribution is 2.46. The summed E-state index contributed by atoms with van der Waals surface area (Å²) in [7, 11) is 0. The van der Waals surface area contributed by atoms with E-state index in [0.29, 0.717) is 5.92 Å². The molecule has 2 aromatic rings. The van der Waals surface area contributed by atoms with Crippen molar-refractivity contribution in [3.63, 3.8) is 0 Å². The van der Waals surface area contributed by atoms with Crippen LogP contribution in [-0.4, -0.2) is 0 Å². The SMILES string of the molecule is C1=CCC2CCC(c3ccc4ccccc4c3)C2=C1. The fourth-order valence-electron chi connectivity index (χ4n) is 3.70. The van der Waals surface area contributed by atoms with Gasteiger partial charge < -0.3 is 0 Å². The van der Waals surface area contributed by atoms with Crippen molar-refractivity contribution in [2.45, 2.75) is 25.2 Å². The number of rotatable bonds is 1. The van der Waals surface area contributed by atoms with Crippen LogP contribution in [0.4, 0.5) is 0 Å². The Morgan fingerprint density at radius 1 is 0.895 bits per heavy atom. The maximum absolute atomic E-state index is 2.39. The molecule has 2 aliphatic carbocycles. The lowest BCUT2D eigenvalue weighted by Crippen LogP contribution is -2.03. The number of allylic oxidation sites excluding steroid dienone is 4. The first-order valence-corrected chi connectivity index (χ1v) is 7.27. The van der Waals surface area contributed by atoms with Crippen LogP contribution >= 0.6 is 0 Å². The molecule has 2 unspecified atom stereocenters. The van der Waals surface area contributed by atoms with Crippen molar-refractivity contribution in [1.29, 1.82) is 0 Å². The van der Waals surface area contributed by atoms with Crippen molar-refractivity contribution in [2.24, 2.45) is 5.92 Å². The van der Waals surface area contributed by atoms with Gasteiger partial charge in [0.1, 0.15) is 0 Å². The standard InChI is InChI=1S/C19H18/c1-2-7-16-13-17(10-9-14(16)5-1)19-12-11-15-6-3-4-8-18(15)19/h1-5,7-10,13,15,19H,6,11-12H2. The van der Waals surface area contributed by atoms with Gasteiger partial charge in [0.05, 0.1) is 0 Å². The summed E-state index contributed by atoms with van der Waals surface area (Å²) in [5.41, 5.74) is 3.17. The van der Waals surface area contributed by atoms with Crippen LogP contribution in [0.2, 0.25) is 0 Å². The Kier molecular flexibility index (Phi) is 2.55. The Hall–Kier alpha value is -1.82. The molecule has 2 aliphatic rings. The lowest BCUT2D eigenvalue weighted by atomic mass is 9.86. The quantitative estimate of drug-likeness (QED) is 0.647. The Balaban J connectivity index is 1.78. The van der Waals surface area contributed by atoms with Gasteiger partial charge in [0.25, 0.3) is 0 Å². The highest BCUT2D eigenvalue weighted by atomic mass is 14.4. The topological polar surface area (TPSA) is 0 Å². The van der Waals surface area contributed by atoms with E-state index in [1.165, 1.54) is 35.6 Å². The van der Waals surface area contributed by atoms with Crippen LogP contribution in [-0.2, 0) is 0 Å². The molecule has 2 aromatic carbocycles. The molecule has 0 heteroatoms. The van der Waals surface area contributed by atoms with E-state index in [1.807, 2.05) is 0 Å². The van der Waals surface area contributed by atoms with Crippen LogP contribution in [0.25, 0.3) is 10.8 Å². The largest absolute Gasteiger partial charge is 0.0839 e. The minimum Gasteiger partial charge on any atom is -0.0839 e. The second-order valence-electron chi connectivity index (χ2n) is 5.76. The molecule has 0 heterocycles. The zero-order valence-electron chi connectivity index (χ0n) is 11.0. The van der Waals surface area contributed by atoms with Gasteiger partial charge in [0.2, 0.25) is 0 Å². The predicted molar refractivity (Wildman–Crippen MR) is 81.3 cm³/mol.